The Morgan fingerprint density at radius 2 is 1.38 bits per heavy atom. The van der Waals surface area contributed by atoms with E-state index in [-0.39, 0.29) is 22.1 Å². The topological polar surface area (TPSA) is 91.3 Å². The van der Waals surface area contributed by atoms with Crippen LogP contribution in [0.5, 0.6) is 28.7 Å². The summed E-state index contributed by atoms with van der Waals surface area (Å²) in [5.74, 6) is 1.28. The van der Waals surface area contributed by atoms with Crippen molar-refractivity contribution in [2.45, 2.75) is 17.6 Å². The summed E-state index contributed by atoms with van der Waals surface area (Å²) in [5, 5.41) is 10.3. The summed E-state index contributed by atoms with van der Waals surface area (Å²) < 4.78 is 47.5. The molecule has 0 aromatic heterocycles. The maximum atomic E-state index is 13.1. The Hall–Kier alpha value is -3.65. The molecule has 1 N–H and O–H groups in total. The van der Waals surface area contributed by atoms with Crippen molar-refractivity contribution in [1.29, 1.82) is 0 Å². The Kier molecular flexibility index (Phi) is 7.73. The van der Waals surface area contributed by atoms with Gasteiger partial charge in [0.05, 0.1) is 39.1 Å². The molecule has 0 aliphatic rings. The van der Waals surface area contributed by atoms with Crippen molar-refractivity contribution < 1.29 is 32.5 Å². The number of phenolic OH excluding ortho intramolecular Hbond substituents is 1. The summed E-state index contributed by atoms with van der Waals surface area (Å²) in [4.78, 5) is 0.227. The van der Waals surface area contributed by atoms with E-state index >= 15 is 0 Å². The van der Waals surface area contributed by atoms with Gasteiger partial charge in [0.15, 0.2) is 32.8 Å². The first-order chi connectivity index (χ1) is 16.2. The van der Waals surface area contributed by atoms with Crippen molar-refractivity contribution in [2.75, 3.05) is 28.4 Å². The largest absolute Gasteiger partial charge is 0.504 e. The first-order valence-corrected chi connectivity index (χ1v) is 12.0. The lowest BCUT2D eigenvalue weighted by Gasteiger charge is -2.13. The maximum absolute atomic E-state index is 13.1. The van der Waals surface area contributed by atoms with Gasteiger partial charge in [0.2, 0.25) is 5.75 Å². The summed E-state index contributed by atoms with van der Waals surface area (Å²) in [6, 6.07) is 13.3. The van der Waals surface area contributed by atoms with E-state index < -0.39 is 9.84 Å². The summed E-state index contributed by atoms with van der Waals surface area (Å²) in [6.45, 7) is 1.90. The second-order valence-electron chi connectivity index (χ2n) is 7.59. The SMILES string of the molecule is COc1cc(CS(=O)(=O)c2ccc(C)cc2)c(/C=C\c2cc(OC)c(OC)c(OC)c2)cc1O. The smallest absolute Gasteiger partial charge is 0.203 e. The molecule has 0 fully saturated rings. The first-order valence-electron chi connectivity index (χ1n) is 10.4. The summed E-state index contributed by atoms with van der Waals surface area (Å²) in [7, 11) is 2.36. The number of rotatable bonds is 9. The van der Waals surface area contributed by atoms with Crippen molar-refractivity contribution in [1.82, 2.24) is 0 Å². The Morgan fingerprint density at radius 1 is 0.794 bits per heavy atom. The number of aryl methyl sites for hydroxylation is 1. The lowest BCUT2D eigenvalue weighted by atomic mass is 10.1. The van der Waals surface area contributed by atoms with Gasteiger partial charge in [-0.25, -0.2) is 8.42 Å². The van der Waals surface area contributed by atoms with E-state index in [1.165, 1.54) is 40.6 Å². The normalized spacial score (nSPS) is 11.4. The highest BCUT2D eigenvalue weighted by molar-refractivity contribution is 7.90. The molecule has 0 heterocycles. The number of ether oxygens (including phenoxy) is 4. The molecular formula is C26H28O7S. The molecule has 0 radical (unpaired) electrons. The average molecular weight is 485 g/mol. The number of aromatic hydroxyl groups is 1. The molecule has 34 heavy (non-hydrogen) atoms. The van der Waals surface area contributed by atoms with E-state index in [9.17, 15) is 13.5 Å². The Balaban J connectivity index is 2.04. The molecule has 8 heteroatoms. The van der Waals surface area contributed by atoms with Crippen LogP contribution in [-0.4, -0.2) is 42.0 Å². The zero-order valence-electron chi connectivity index (χ0n) is 19.8. The number of hydrogen-bond donors (Lipinski definition) is 1. The fraction of sp³-hybridized carbons (Fsp3) is 0.231. The molecule has 180 valence electrons. The number of sulfone groups is 1. The molecule has 3 aromatic carbocycles. The molecular weight excluding hydrogens is 456 g/mol. The zero-order valence-corrected chi connectivity index (χ0v) is 20.6. The molecule has 3 aromatic rings. The standard InChI is InChI=1S/C26H28O7S/c1-17-6-10-21(11-7-17)34(28,29)16-20-15-23(30-2)22(27)14-19(20)9-8-18-12-24(31-3)26(33-5)25(13-18)32-4/h6-15,27H,16H2,1-5H3/b9-8-. The maximum Gasteiger partial charge on any atom is 0.203 e. The van der Waals surface area contributed by atoms with Crippen LogP contribution in [0.4, 0.5) is 0 Å². The molecule has 0 saturated heterocycles. The molecule has 0 spiro atoms. The summed E-state index contributed by atoms with van der Waals surface area (Å²) >= 11 is 0. The molecule has 0 unspecified atom stereocenters. The lowest BCUT2D eigenvalue weighted by Crippen LogP contribution is -2.06. The van der Waals surface area contributed by atoms with E-state index in [1.54, 1.807) is 48.6 Å². The van der Waals surface area contributed by atoms with E-state index in [2.05, 4.69) is 0 Å². The second-order valence-corrected chi connectivity index (χ2v) is 9.58. The lowest BCUT2D eigenvalue weighted by molar-refractivity contribution is 0.324. The number of hydrogen-bond acceptors (Lipinski definition) is 7. The quantitative estimate of drug-likeness (QED) is 0.433. The van der Waals surface area contributed by atoms with Crippen LogP contribution in [0, 0.1) is 6.92 Å². The van der Waals surface area contributed by atoms with E-state index in [1.807, 2.05) is 6.92 Å². The highest BCUT2D eigenvalue weighted by atomic mass is 32.2. The minimum Gasteiger partial charge on any atom is -0.504 e. The van der Waals surface area contributed by atoms with Crippen molar-refractivity contribution in [3.63, 3.8) is 0 Å². The van der Waals surface area contributed by atoms with Crippen LogP contribution in [0.2, 0.25) is 0 Å². The van der Waals surface area contributed by atoms with Gasteiger partial charge in [-0.2, -0.15) is 0 Å². The molecule has 0 saturated carbocycles. The Morgan fingerprint density at radius 3 is 1.91 bits per heavy atom. The van der Waals surface area contributed by atoms with Gasteiger partial charge in [-0.3, -0.25) is 0 Å². The van der Waals surface area contributed by atoms with E-state index in [0.29, 0.717) is 28.4 Å². The molecule has 0 atom stereocenters. The van der Waals surface area contributed by atoms with Crippen LogP contribution in [0.15, 0.2) is 53.4 Å². The number of benzene rings is 3. The van der Waals surface area contributed by atoms with Crippen molar-refractivity contribution in [3.05, 3.63) is 70.8 Å². The third kappa shape index (κ3) is 5.46. The number of phenols is 1. The molecule has 0 aliphatic carbocycles. The van der Waals surface area contributed by atoms with Gasteiger partial charge in [0, 0.05) is 0 Å². The van der Waals surface area contributed by atoms with Crippen LogP contribution in [0.25, 0.3) is 12.2 Å². The Bertz CT molecular complexity index is 1270. The van der Waals surface area contributed by atoms with Crippen LogP contribution < -0.4 is 18.9 Å². The monoisotopic (exact) mass is 484 g/mol. The van der Waals surface area contributed by atoms with Crippen molar-refractivity contribution in [3.8, 4) is 28.7 Å². The number of methoxy groups -OCH3 is 4. The van der Waals surface area contributed by atoms with Crippen molar-refractivity contribution >= 4 is 22.0 Å². The highest BCUT2D eigenvalue weighted by Crippen LogP contribution is 2.39. The Labute approximate surface area is 200 Å². The molecule has 0 aliphatic heterocycles. The van der Waals surface area contributed by atoms with Crippen molar-refractivity contribution in [2.24, 2.45) is 0 Å². The zero-order chi connectivity index (χ0) is 24.9. The summed E-state index contributed by atoms with van der Waals surface area (Å²) in [6.07, 6.45) is 3.49. The molecule has 0 bridgehead atoms. The van der Waals surface area contributed by atoms with Crippen LogP contribution >= 0.6 is 0 Å². The van der Waals surface area contributed by atoms with Crippen LogP contribution in [-0.2, 0) is 15.6 Å². The van der Waals surface area contributed by atoms with Gasteiger partial charge in [-0.1, -0.05) is 29.8 Å². The van der Waals surface area contributed by atoms with E-state index in [0.717, 1.165) is 11.1 Å². The average Bonchev–Trinajstić information content (AvgIpc) is 2.83. The van der Waals surface area contributed by atoms with E-state index in [4.69, 9.17) is 18.9 Å². The van der Waals surface area contributed by atoms with Crippen LogP contribution in [0.3, 0.4) is 0 Å². The van der Waals surface area contributed by atoms with Crippen LogP contribution in [0.1, 0.15) is 22.3 Å². The third-order valence-corrected chi connectivity index (χ3v) is 6.99. The fourth-order valence-corrected chi connectivity index (χ4v) is 4.86. The minimum absolute atomic E-state index is 0.0940. The summed E-state index contributed by atoms with van der Waals surface area (Å²) in [5.41, 5.74) is 2.72. The second kappa shape index (κ2) is 10.5. The molecule has 0 amide bonds. The van der Waals surface area contributed by atoms with Gasteiger partial charge in [0.1, 0.15) is 0 Å². The van der Waals surface area contributed by atoms with Gasteiger partial charge in [-0.05, 0) is 60.0 Å². The van der Waals surface area contributed by atoms with Gasteiger partial charge < -0.3 is 24.1 Å². The minimum atomic E-state index is -3.63. The van der Waals surface area contributed by atoms with Gasteiger partial charge in [0.25, 0.3) is 0 Å². The molecule has 3 rings (SSSR count). The first kappa shape index (κ1) is 25.0. The predicted molar refractivity (Wildman–Crippen MR) is 132 cm³/mol. The third-order valence-electron chi connectivity index (χ3n) is 5.31. The fourth-order valence-electron chi connectivity index (χ4n) is 3.49. The molecule has 7 nitrogen and oxygen atoms in total. The highest BCUT2D eigenvalue weighted by Gasteiger charge is 2.19. The predicted octanol–water partition coefficient (Wildman–Crippen LogP) is 4.88. The van der Waals surface area contributed by atoms with Gasteiger partial charge >= 0.3 is 0 Å². The van der Waals surface area contributed by atoms with Gasteiger partial charge in [-0.15, -0.1) is 0 Å².